The van der Waals surface area contributed by atoms with Gasteiger partial charge in [-0.05, 0) is 63.5 Å². The number of halogens is 1. The van der Waals surface area contributed by atoms with Gasteiger partial charge in [0.15, 0.2) is 0 Å². The van der Waals surface area contributed by atoms with Gasteiger partial charge in [0.25, 0.3) is 11.8 Å². The van der Waals surface area contributed by atoms with Crippen LogP contribution >= 0.6 is 11.6 Å². The van der Waals surface area contributed by atoms with Crippen LogP contribution in [0, 0.1) is 12.8 Å². The molecule has 0 aliphatic carbocycles. The Labute approximate surface area is 163 Å². The highest BCUT2D eigenvalue weighted by molar-refractivity contribution is 6.31. The van der Waals surface area contributed by atoms with E-state index in [1.54, 1.807) is 31.2 Å². The number of nitrogens with one attached hydrogen (secondary N) is 2. The lowest BCUT2D eigenvalue weighted by Crippen LogP contribution is -2.40. The molecular weight excluding hydrogens is 366 g/mol. The van der Waals surface area contributed by atoms with Crippen LogP contribution in [0.5, 0.6) is 0 Å². The van der Waals surface area contributed by atoms with Crippen molar-refractivity contribution in [2.24, 2.45) is 5.92 Å². The van der Waals surface area contributed by atoms with Crippen molar-refractivity contribution in [3.05, 3.63) is 52.4 Å². The lowest BCUT2D eigenvalue weighted by atomic mass is 9.96. The van der Waals surface area contributed by atoms with E-state index in [2.05, 4.69) is 10.6 Å². The summed E-state index contributed by atoms with van der Waals surface area (Å²) in [7, 11) is 1.95. The highest BCUT2D eigenvalue weighted by atomic mass is 35.5. The van der Waals surface area contributed by atoms with E-state index in [4.69, 9.17) is 16.0 Å². The molecule has 2 aromatic rings. The fourth-order valence-corrected chi connectivity index (χ4v) is 3.59. The molecule has 144 valence electrons. The van der Waals surface area contributed by atoms with Crippen molar-refractivity contribution in [3.8, 4) is 0 Å². The van der Waals surface area contributed by atoms with Crippen LogP contribution in [0.25, 0.3) is 0 Å². The minimum Gasteiger partial charge on any atom is -0.469 e. The average Bonchev–Trinajstić information content (AvgIpc) is 3.08. The minimum absolute atomic E-state index is 0.0891. The Morgan fingerprint density at radius 3 is 2.59 bits per heavy atom. The zero-order valence-corrected chi connectivity index (χ0v) is 16.3. The maximum atomic E-state index is 13.0. The summed E-state index contributed by atoms with van der Waals surface area (Å²) in [6.45, 7) is 4.10. The summed E-state index contributed by atoms with van der Waals surface area (Å²) in [5, 5.41) is 6.45. The number of hydrogen-bond donors (Lipinski definition) is 2. The first kappa shape index (κ1) is 19.5. The number of carbonyl (C=O) groups is 2. The van der Waals surface area contributed by atoms with Gasteiger partial charge in [-0.25, -0.2) is 0 Å². The fourth-order valence-electron chi connectivity index (χ4n) is 3.42. The first-order valence-electron chi connectivity index (χ1n) is 9.08. The third kappa shape index (κ3) is 4.51. The Hall–Kier alpha value is -2.31. The van der Waals surface area contributed by atoms with Gasteiger partial charge in [-0.15, -0.1) is 0 Å². The van der Waals surface area contributed by atoms with Gasteiger partial charge >= 0.3 is 0 Å². The molecule has 7 heteroatoms. The van der Waals surface area contributed by atoms with Crippen molar-refractivity contribution in [2.45, 2.75) is 19.8 Å². The van der Waals surface area contributed by atoms with Gasteiger partial charge in [-0.3, -0.25) is 9.59 Å². The number of aryl methyl sites for hydroxylation is 1. The van der Waals surface area contributed by atoms with E-state index in [0.717, 1.165) is 19.4 Å². The lowest BCUT2D eigenvalue weighted by molar-refractivity contribution is 0.0692. The molecule has 2 amide bonds. The van der Waals surface area contributed by atoms with Gasteiger partial charge in [-0.2, -0.15) is 0 Å². The van der Waals surface area contributed by atoms with Crippen LogP contribution in [-0.2, 0) is 0 Å². The van der Waals surface area contributed by atoms with E-state index < -0.39 is 0 Å². The number of amides is 2. The Morgan fingerprint density at radius 1 is 1.22 bits per heavy atom. The molecule has 1 aliphatic heterocycles. The summed E-state index contributed by atoms with van der Waals surface area (Å²) >= 11 is 6.10. The maximum Gasteiger partial charge on any atom is 0.259 e. The predicted octanol–water partition coefficient (Wildman–Crippen LogP) is 3.57. The Balaban J connectivity index is 1.77. The van der Waals surface area contributed by atoms with Crippen molar-refractivity contribution < 1.29 is 14.0 Å². The molecule has 0 spiro atoms. The molecule has 2 N–H and O–H groups in total. The van der Waals surface area contributed by atoms with E-state index in [1.807, 2.05) is 11.9 Å². The second-order valence-corrected chi connectivity index (χ2v) is 7.26. The van der Waals surface area contributed by atoms with Crippen LogP contribution in [0.3, 0.4) is 0 Å². The molecule has 1 aromatic carbocycles. The molecule has 1 aromatic heterocycles. The van der Waals surface area contributed by atoms with Gasteiger partial charge in [0, 0.05) is 18.1 Å². The molecule has 2 heterocycles. The molecular formula is C20H24ClN3O3. The third-order valence-corrected chi connectivity index (χ3v) is 5.19. The second kappa shape index (κ2) is 8.59. The predicted molar refractivity (Wildman–Crippen MR) is 105 cm³/mol. The van der Waals surface area contributed by atoms with Crippen molar-refractivity contribution >= 4 is 29.1 Å². The van der Waals surface area contributed by atoms with Crippen molar-refractivity contribution in [2.75, 3.05) is 32.0 Å². The van der Waals surface area contributed by atoms with E-state index >= 15 is 0 Å². The second-order valence-electron chi connectivity index (χ2n) is 6.83. The van der Waals surface area contributed by atoms with Crippen LogP contribution in [0.4, 0.5) is 5.69 Å². The molecule has 0 atom stereocenters. The van der Waals surface area contributed by atoms with E-state index in [1.165, 1.54) is 6.26 Å². The highest BCUT2D eigenvalue weighted by Crippen LogP contribution is 2.26. The van der Waals surface area contributed by atoms with Crippen LogP contribution in [-0.4, -0.2) is 43.4 Å². The molecule has 0 bridgehead atoms. The number of rotatable bonds is 5. The Morgan fingerprint density at radius 2 is 1.96 bits per heavy atom. The summed E-state index contributed by atoms with van der Waals surface area (Å²) in [5.74, 6) is 0.695. The van der Waals surface area contributed by atoms with Crippen LogP contribution in [0.2, 0.25) is 5.02 Å². The van der Waals surface area contributed by atoms with Gasteiger partial charge < -0.3 is 20.0 Å². The van der Waals surface area contributed by atoms with E-state index in [0.29, 0.717) is 46.6 Å². The molecule has 0 unspecified atom stereocenters. The number of hydrogen-bond acceptors (Lipinski definition) is 4. The minimum atomic E-state index is -0.328. The zero-order valence-electron chi connectivity index (χ0n) is 15.5. The topological polar surface area (TPSA) is 74.6 Å². The summed E-state index contributed by atoms with van der Waals surface area (Å²) < 4.78 is 5.18. The number of piperidine rings is 1. The van der Waals surface area contributed by atoms with E-state index in [9.17, 15) is 9.59 Å². The van der Waals surface area contributed by atoms with Crippen LogP contribution in [0.1, 0.15) is 39.3 Å². The normalized spacial score (nSPS) is 15.0. The number of nitrogens with zero attached hydrogens (tertiary/aromatic N) is 1. The first-order chi connectivity index (χ1) is 13.0. The molecule has 27 heavy (non-hydrogen) atoms. The monoisotopic (exact) mass is 389 g/mol. The molecule has 1 fully saturated rings. The number of benzene rings is 1. The molecule has 0 saturated carbocycles. The molecule has 0 radical (unpaired) electrons. The van der Waals surface area contributed by atoms with Crippen molar-refractivity contribution in [3.63, 3.8) is 0 Å². The number of likely N-dealkylation sites (tertiary alicyclic amines) is 1. The summed E-state index contributed by atoms with van der Waals surface area (Å²) in [4.78, 5) is 27.4. The maximum absolute atomic E-state index is 13.0. The smallest absolute Gasteiger partial charge is 0.259 e. The lowest BCUT2D eigenvalue weighted by Gasteiger charge is -2.32. The largest absolute Gasteiger partial charge is 0.469 e. The van der Waals surface area contributed by atoms with Gasteiger partial charge in [0.2, 0.25) is 0 Å². The first-order valence-corrected chi connectivity index (χ1v) is 9.46. The summed E-state index contributed by atoms with van der Waals surface area (Å²) in [5.41, 5.74) is 1.29. The summed E-state index contributed by atoms with van der Waals surface area (Å²) in [6, 6.07) is 6.54. The van der Waals surface area contributed by atoms with Crippen LogP contribution in [0.15, 0.2) is 34.9 Å². The Kier molecular flexibility index (Phi) is 6.19. The van der Waals surface area contributed by atoms with Gasteiger partial charge in [-0.1, -0.05) is 11.6 Å². The van der Waals surface area contributed by atoms with Crippen molar-refractivity contribution in [1.82, 2.24) is 10.2 Å². The number of carbonyl (C=O) groups excluding carboxylic acids is 2. The summed E-state index contributed by atoms with van der Waals surface area (Å²) in [6.07, 6.45) is 3.40. The molecule has 3 rings (SSSR count). The quantitative estimate of drug-likeness (QED) is 0.819. The van der Waals surface area contributed by atoms with Crippen molar-refractivity contribution in [1.29, 1.82) is 0 Å². The SMILES string of the molecule is CNCC1CCN(C(=O)c2ccc(Cl)cc2NC(=O)c2ccoc2C)CC1. The standard InChI is InChI=1S/C20H24ClN3O3/c1-13-16(7-10-27-13)19(25)23-18-11-15(21)3-4-17(18)20(26)24-8-5-14(6-9-24)12-22-2/h3-4,7,10-11,14,22H,5-6,8-9,12H2,1-2H3,(H,23,25). The zero-order chi connectivity index (χ0) is 19.4. The van der Waals surface area contributed by atoms with Gasteiger partial charge in [0.05, 0.1) is 23.1 Å². The fraction of sp³-hybridized carbons (Fsp3) is 0.400. The number of furan rings is 1. The average molecular weight is 390 g/mol. The number of anilines is 1. The molecule has 1 saturated heterocycles. The van der Waals surface area contributed by atoms with Crippen LogP contribution < -0.4 is 10.6 Å². The van der Waals surface area contributed by atoms with Gasteiger partial charge in [0.1, 0.15) is 5.76 Å². The van der Waals surface area contributed by atoms with E-state index in [-0.39, 0.29) is 11.8 Å². The molecule has 1 aliphatic rings. The Bertz CT molecular complexity index is 826. The third-order valence-electron chi connectivity index (χ3n) is 4.96. The molecule has 6 nitrogen and oxygen atoms in total. The highest BCUT2D eigenvalue weighted by Gasteiger charge is 2.25.